The predicted molar refractivity (Wildman–Crippen MR) is 67.8 cm³/mol. The second-order valence-electron chi connectivity index (χ2n) is 4.82. The van der Waals surface area contributed by atoms with Gasteiger partial charge in [-0.05, 0) is 39.0 Å². The predicted octanol–water partition coefficient (Wildman–Crippen LogP) is -0.208. The number of aromatic carboxylic acids is 1. The van der Waals surface area contributed by atoms with Gasteiger partial charge in [-0.3, -0.25) is 4.79 Å². The monoisotopic (exact) mass is 266 g/mol. The van der Waals surface area contributed by atoms with Crippen LogP contribution in [0.5, 0.6) is 0 Å². The van der Waals surface area contributed by atoms with Crippen LogP contribution in [0.4, 0.5) is 0 Å². The minimum Gasteiger partial charge on any atom is -0.477 e. The maximum Gasteiger partial charge on any atom is 0.354 e. The van der Waals surface area contributed by atoms with E-state index < -0.39 is 5.97 Å². The highest BCUT2D eigenvalue weighted by Gasteiger charge is 2.19. The van der Waals surface area contributed by atoms with Crippen LogP contribution in [-0.2, 0) is 11.3 Å². The quantitative estimate of drug-likeness (QED) is 0.787. The lowest BCUT2D eigenvalue weighted by molar-refractivity contribution is -0.122. The first kappa shape index (κ1) is 13.5. The molecule has 1 fully saturated rings. The van der Waals surface area contributed by atoms with Crippen LogP contribution in [0.25, 0.3) is 0 Å². The normalized spacial score (nSPS) is 17.3. The van der Waals surface area contributed by atoms with Crippen molar-refractivity contribution >= 4 is 11.9 Å². The summed E-state index contributed by atoms with van der Waals surface area (Å²) in [6.45, 7) is 1.88. The number of rotatable bonds is 4. The Labute approximate surface area is 111 Å². The van der Waals surface area contributed by atoms with Crippen LogP contribution >= 0.6 is 0 Å². The zero-order valence-electron chi connectivity index (χ0n) is 10.9. The molecule has 104 valence electrons. The largest absolute Gasteiger partial charge is 0.477 e. The van der Waals surface area contributed by atoms with Gasteiger partial charge in [-0.25, -0.2) is 9.48 Å². The number of piperidine rings is 1. The number of carbonyl (C=O) groups excluding carboxylic acids is 1. The van der Waals surface area contributed by atoms with E-state index in [4.69, 9.17) is 5.11 Å². The molecule has 0 bridgehead atoms. The highest BCUT2D eigenvalue weighted by Crippen LogP contribution is 2.08. The first-order valence-electron chi connectivity index (χ1n) is 6.29. The van der Waals surface area contributed by atoms with Crippen molar-refractivity contribution in [3.63, 3.8) is 0 Å². The average Bonchev–Trinajstić information content (AvgIpc) is 2.80. The molecule has 7 nitrogen and oxygen atoms in total. The summed E-state index contributed by atoms with van der Waals surface area (Å²) in [6.07, 6.45) is 3.23. The molecule has 1 aromatic rings. The lowest BCUT2D eigenvalue weighted by Gasteiger charge is -2.29. The summed E-state index contributed by atoms with van der Waals surface area (Å²) < 4.78 is 1.20. The van der Waals surface area contributed by atoms with Crippen molar-refractivity contribution < 1.29 is 14.7 Å². The fourth-order valence-corrected chi connectivity index (χ4v) is 2.20. The van der Waals surface area contributed by atoms with Gasteiger partial charge in [0.25, 0.3) is 0 Å². The zero-order chi connectivity index (χ0) is 13.8. The number of amides is 1. The molecule has 2 rings (SSSR count). The number of nitrogens with zero attached hydrogens (tertiary/aromatic N) is 3. The van der Waals surface area contributed by atoms with E-state index >= 15 is 0 Å². The second kappa shape index (κ2) is 5.83. The summed E-state index contributed by atoms with van der Waals surface area (Å²) in [5.41, 5.74) is 0.0264. The number of carboxylic acid groups (broad SMARTS) is 1. The number of nitrogens with one attached hydrogen (secondary N) is 1. The number of aromatic nitrogens is 2. The van der Waals surface area contributed by atoms with Crippen molar-refractivity contribution in [2.45, 2.75) is 25.4 Å². The summed E-state index contributed by atoms with van der Waals surface area (Å²) in [6, 6.07) is 1.55. The zero-order valence-corrected chi connectivity index (χ0v) is 10.9. The van der Waals surface area contributed by atoms with E-state index in [0.29, 0.717) is 0 Å². The van der Waals surface area contributed by atoms with Gasteiger partial charge < -0.3 is 15.3 Å². The Morgan fingerprint density at radius 3 is 2.79 bits per heavy atom. The lowest BCUT2D eigenvalue weighted by Crippen LogP contribution is -2.44. The van der Waals surface area contributed by atoms with Crippen molar-refractivity contribution in [3.8, 4) is 0 Å². The Kier molecular flexibility index (Phi) is 4.16. The van der Waals surface area contributed by atoms with E-state index in [1.165, 1.54) is 16.9 Å². The molecule has 2 N–H and O–H groups in total. The summed E-state index contributed by atoms with van der Waals surface area (Å²) in [5.74, 6) is -1.27. The Morgan fingerprint density at radius 2 is 2.16 bits per heavy atom. The van der Waals surface area contributed by atoms with Crippen LogP contribution in [-0.4, -0.2) is 57.8 Å². The molecule has 19 heavy (non-hydrogen) atoms. The summed E-state index contributed by atoms with van der Waals surface area (Å²) in [4.78, 5) is 25.0. The molecule has 1 aliphatic heterocycles. The molecule has 0 atom stereocenters. The maximum atomic E-state index is 11.9. The van der Waals surface area contributed by atoms with Crippen molar-refractivity contribution in [1.29, 1.82) is 0 Å². The van der Waals surface area contributed by atoms with Gasteiger partial charge in [0.2, 0.25) is 5.91 Å². The molecule has 7 heteroatoms. The van der Waals surface area contributed by atoms with E-state index in [1.54, 1.807) is 0 Å². The summed E-state index contributed by atoms with van der Waals surface area (Å²) >= 11 is 0. The fourth-order valence-electron chi connectivity index (χ4n) is 2.20. The van der Waals surface area contributed by atoms with Crippen LogP contribution in [0.1, 0.15) is 23.3 Å². The number of hydrogen-bond donors (Lipinski definition) is 2. The lowest BCUT2D eigenvalue weighted by atomic mass is 10.1. The van der Waals surface area contributed by atoms with Crippen molar-refractivity contribution in [2.24, 2.45) is 0 Å². The Hall–Kier alpha value is -1.89. The molecule has 1 aliphatic rings. The van der Waals surface area contributed by atoms with Gasteiger partial charge in [0.05, 0.1) is 0 Å². The SMILES string of the molecule is CN1CCC(NC(=O)Cn2nccc2C(=O)O)CC1. The van der Waals surface area contributed by atoms with Crippen LogP contribution in [0.15, 0.2) is 12.3 Å². The van der Waals surface area contributed by atoms with E-state index in [1.807, 2.05) is 0 Å². The summed E-state index contributed by atoms with van der Waals surface area (Å²) in [5, 5.41) is 15.7. The Morgan fingerprint density at radius 1 is 1.47 bits per heavy atom. The molecule has 1 amide bonds. The van der Waals surface area contributed by atoms with Gasteiger partial charge in [0.15, 0.2) is 0 Å². The smallest absolute Gasteiger partial charge is 0.354 e. The molecule has 1 aromatic heterocycles. The van der Waals surface area contributed by atoms with Crippen molar-refractivity contribution in [1.82, 2.24) is 20.0 Å². The third kappa shape index (κ3) is 3.54. The topological polar surface area (TPSA) is 87.5 Å². The van der Waals surface area contributed by atoms with Gasteiger partial charge in [0.1, 0.15) is 12.2 Å². The van der Waals surface area contributed by atoms with E-state index in [2.05, 4.69) is 22.4 Å². The highest BCUT2D eigenvalue weighted by atomic mass is 16.4. The maximum absolute atomic E-state index is 11.9. The third-order valence-corrected chi connectivity index (χ3v) is 3.31. The molecular weight excluding hydrogens is 248 g/mol. The van der Waals surface area contributed by atoms with E-state index in [9.17, 15) is 9.59 Å². The molecular formula is C12H18N4O3. The molecule has 0 spiro atoms. The van der Waals surface area contributed by atoms with Crippen molar-refractivity contribution in [2.75, 3.05) is 20.1 Å². The molecule has 1 saturated heterocycles. The van der Waals surface area contributed by atoms with Gasteiger partial charge in [-0.1, -0.05) is 0 Å². The van der Waals surface area contributed by atoms with Crippen LogP contribution < -0.4 is 5.32 Å². The minimum absolute atomic E-state index is 0.0264. The number of carbonyl (C=O) groups is 2. The number of carboxylic acids is 1. The van der Waals surface area contributed by atoms with Gasteiger partial charge in [-0.15, -0.1) is 0 Å². The van der Waals surface area contributed by atoms with Crippen LogP contribution in [0.3, 0.4) is 0 Å². The fraction of sp³-hybridized carbons (Fsp3) is 0.583. The number of likely N-dealkylation sites (tertiary alicyclic amines) is 1. The van der Waals surface area contributed by atoms with Crippen LogP contribution in [0, 0.1) is 0 Å². The Balaban J connectivity index is 1.87. The minimum atomic E-state index is -1.08. The first-order chi connectivity index (χ1) is 9.06. The van der Waals surface area contributed by atoms with Gasteiger partial charge in [0, 0.05) is 12.2 Å². The van der Waals surface area contributed by atoms with Crippen LogP contribution in [0.2, 0.25) is 0 Å². The standard InChI is InChI=1S/C12H18N4O3/c1-15-6-3-9(4-7-15)14-11(17)8-16-10(12(18)19)2-5-13-16/h2,5,9H,3-4,6-8H2,1H3,(H,14,17)(H,18,19). The van der Waals surface area contributed by atoms with Gasteiger partial charge >= 0.3 is 5.97 Å². The van der Waals surface area contributed by atoms with Gasteiger partial charge in [-0.2, -0.15) is 5.10 Å². The average molecular weight is 266 g/mol. The second-order valence-corrected chi connectivity index (χ2v) is 4.82. The summed E-state index contributed by atoms with van der Waals surface area (Å²) in [7, 11) is 2.06. The molecule has 0 aromatic carbocycles. The molecule has 2 heterocycles. The Bertz CT molecular complexity index is 463. The number of hydrogen-bond acceptors (Lipinski definition) is 4. The molecule has 0 radical (unpaired) electrons. The molecule has 0 unspecified atom stereocenters. The first-order valence-corrected chi connectivity index (χ1v) is 6.29. The molecule has 0 aliphatic carbocycles. The van der Waals surface area contributed by atoms with E-state index in [-0.39, 0.29) is 24.2 Å². The molecule has 0 saturated carbocycles. The van der Waals surface area contributed by atoms with Crippen molar-refractivity contribution in [3.05, 3.63) is 18.0 Å². The highest BCUT2D eigenvalue weighted by molar-refractivity contribution is 5.86. The van der Waals surface area contributed by atoms with E-state index in [0.717, 1.165) is 25.9 Å². The third-order valence-electron chi connectivity index (χ3n) is 3.31.